The minimum Gasteiger partial charge on any atom is -0.292 e. The van der Waals surface area contributed by atoms with Crippen molar-refractivity contribution in [3.05, 3.63) is 40.9 Å². The van der Waals surface area contributed by atoms with E-state index in [1.54, 1.807) is 0 Å². The number of hydrazine groups is 1. The summed E-state index contributed by atoms with van der Waals surface area (Å²) in [6.45, 7) is 0. The first kappa shape index (κ1) is 14.6. The molecule has 4 N–H and O–H groups in total. The summed E-state index contributed by atoms with van der Waals surface area (Å²) in [5, 5.41) is 0. The van der Waals surface area contributed by atoms with Crippen LogP contribution in [0.3, 0.4) is 0 Å². The Hall–Kier alpha value is -1.78. The summed E-state index contributed by atoms with van der Waals surface area (Å²) in [6.07, 6.45) is 2.16. The molecule has 2 aromatic rings. The molecule has 1 aromatic heterocycles. The molecule has 2 rings (SSSR count). The Morgan fingerprint density at radius 3 is 2.50 bits per heavy atom. The topological polar surface area (TPSA) is 110 Å². The van der Waals surface area contributed by atoms with Crippen molar-refractivity contribution < 1.29 is 12.8 Å². The fourth-order valence-corrected chi connectivity index (χ4v) is 2.75. The van der Waals surface area contributed by atoms with E-state index in [1.807, 2.05) is 0 Å². The molecule has 0 atom stereocenters. The Kier molecular flexibility index (Phi) is 4.16. The molecule has 0 unspecified atom stereocenters. The Bertz CT molecular complexity index is 723. The molecule has 0 saturated carbocycles. The van der Waals surface area contributed by atoms with Crippen molar-refractivity contribution in [2.24, 2.45) is 5.84 Å². The van der Waals surface area contributed by atoms with E-state index in [2.05, 4.69) is 36.0 Å². The molecule has 106 valence electrons. The van der Waals surface area contributed by atoms with Gasteiger partial charge in [-0.05, 0) is 34.1 Å². The molecular formula is C10H9BrFN5O2S. The molecule has 1 aromatic carbocycles. The molecule has 20 heavy (non-hydrogen) atoms. The van der Waals surface area contributed by atoms with Crippen molar-refractivity contribution in [1.82, 2.24) is 9.97 Å². The van der Waals surface area contributed by atoms with Gasteiger partial charge < -0.3 is 0 Å². The fourth-order valence-electron chi connectivity index (χ4n) is 1.31. The van der Waals surface area contributed by atoms with Gasteiger partial charge in [0.05, 0.1) is 18.1 Å². The number of nitrogens with zero attached hydrogens (tertiary/aromatic N) is 2. The summed E-state index contributed by atoms with van der Waals surface area (Å²) < 4.78 is 39.9. The Morgan fingerprint density at radius 2 is 1.90 bits per heavy atom. The van der Waals surface area contributed by atoms with Crippen molar-refractivity contribution in [2.45, 2.75) is 4.90 Å². The van der Waals surface area contributed by atoms with Crippen LogP contribution in [0.1, 0.15) is 0 Å². The lowest BCUT2D eigenvalue weighted by molar-refractivity contribution is 0.600. The average molecular weight is 362 g/mol. The Morgan fingerprint density at radius 1 is 1.25 bits per heavy atom. The highest BCUT2D eigenvalue weighted by Gasteiger charge is 2.17. The van der Waals surface area contributed by atoms with Gasteiger partial charge in [-0.3, -0.25) is 10.1 Å². The number of rotatable bonds is 4. The molecule has 1 heterocycles. The highest BCUT2D eigenvalue weighted by Crippen LogP contribution is 2.25. The number of hydrogen-bond acceptors (Lipinski definition) is 6. The molecular weight excluding hydrogens is 353 g/mol. The minimum atomic E-state index is -3.92. The third kappa shape index (κ3) is 3.21. The molecule has 0 fully saturated rings. The maximum absolute atomic E-state index is 13.1. The van der Waals surface area contributed by atoms with Crippen LogP contribution in [0, 0.1) is 5.82 Å². The predicted octanol–water partition coefficient (Wildman–Crippen LogP) is 1.46. The van der Waals surface area contributed by atoms with Gasteiger partial charge in [0.2, 0.25) is 5.95 Å². The van der Waals surface area contributed by atoms with Crippen LogP contribution in [0.4, 0.5) is 16.0 Å². The van der Waals surface area contributed by atoms with E-state index in [4.69, 9.17) is 5.84 Å². The predicted molar refractivity (Wildman–Crippen MR) is 74.8 cm³/mol. The van der Waals surface area contributed by atoms with Crippen molar-refractivity contribution >= 4 is 37.6 Å². The van der Waals surface area contributed by atoms with Crippen LogP contribution >= 0.6 is 15.9 Å². The first-order chi connectivity index (χ1) is 9.42. The molecule has 0 saturated heterocycles. The number of sulfonamides is 1. The summed E-state index contributed by atoms with van der Waals surface area (Å²) in [4.78, 5) is 7.21. The first-order valence-corrected chi connectivity index (χ1v) is 7.46. The monoisotopic (exact) mass is 361 g/mol. The molecule has 0 amide bonds. The van der Waals surface area contributed by atoms with Crippen molar-refractivity contribution in [2.75, 3.05) is 10.1 Å². The number of hydrogen-bond donors (Lipinski definition) is 3. The van der Waals surface area contributed by atoms with Gasteiger partial charge in [0.15, 0.2) is 0 Å². The largest absolute Gasteiger partial charge is 0.292 e. The summed E-state index contributed by atoms with van der Waals surface area (Å²) in [5.41, 5.74) is 2.25. The number of nitrogens with one attached hydrogen (secondary N) is 2. The standard InChI is InChI=1S/C10H9BrFN5O2S/c11-8-2-1-6(12)3-9(8)17-20(18,19)7-4-14-10(16-13)15-5-7/h1-5,17H,13H2,(H,14,15,16). The highest BCUT2D eigenvalue weighted by molar-refractivity contribution is 9.10. The average Bonchev–Trinajstić information content (AvgIpc) is 2.43. The third-order valence-corrected chi connectivity index (χ3v) is 4.25. The summed E-state index contributed by atoms with van der Waals surface area (Å²) in [7, 11) is -3.92. The van der Waals surface area contributed by atoms with Crippen molar-refractivity contribution in [3.63, 3.8) is 0 Å². The van der Waals surface area contributed by atoms with Crippen molar-refractivity contribution in [3.8, 4) is 0 Å². The van der Waals surface area contributed by atoms with Gasteiger partial charge in [0, 0.05) is 4.47 Å². The van der Waals surface area contributed by atoms with Gasteiger partial charge in [0.25, 0.3) is 10.0 Å². The van der Waals surface area contributed by atoms with Crippen LogP contribution in [-0.4, -0.2) is 18.4 Å². The maximum atomic E-state index is 13.1. The van der Waals surface area contributed by atoms with Crippen molar-refractivity contribution in [1.29, 1.82) is 0 Å². The van der Waals surface area contributed by atoms with Gasteiger partial charge >= 0.3 is 0 Å². The molecule has 0 aliphatic heterocycles. The van der Waals surface area contributed by atoms with Crippen LogP contribution in [0.15, 0.2) is 40.0 Å². The smallest absolute Gasteiger partial charge is 0.265 e. The lowest BCUT2D eigenvalue weighted by Gasteiger charge is -2.09. The number of halogens is 2. The van der Waals surface area contributed by atoms with E-state index in [-0.39, 0.29) is 16.5 Å². The summed E-state index contributed by atoms with van der Waals surface area (Å²) in [6, 6.07) is 3.65. The van der Waals surface area contributed by atoms with Crippen LogP contribution in [0.2, 0.25) is 0 Å². The molecule has 0 bridgehead atoms. The number of nitrogen functional groups attached to an aromatic ring is 1. The highest BCUT2D eigenvalue weighted by atomic mass is 79.9. The normalized spacial score (nSPS) is 11.2. The van der Waals surface area contributed by atoms with Crippen LogP contribution < -0.4 is 16.0 Å². The molecule has 7 nitrogen and oxygen atoms in total. The lowest BCUT2D eigenvalue weighted by Crippen LogP contribution is -2.16. The first-order valence-electron chi connectivity index (χ1n) is 5.19. The third-order valence-electron chi connectivity index (χ3n) is 2.24. The van der Waals surface area contributed by atoms with Crippen LogP contribution in [-0.2, 0) is 10.0 Å². The second-order valence-corrected chi connectivity index (χ2v) is 6.15. The van der Waals surface area contributed by atoms with Crippen LogP contribution in [0.25, 0.3) is 0 Å². The Labute approximate surface area is 122 Å². The summed E-state index contributed by atoms with van der Waals surface area (Å²) in [5.74, 6) is 4.60. The van der Waals surface area contributed by atoms with Gasteiger partial charge in [-0.2, -0.15) is 0 Å². The fraction of sp³-hybridized carbons (Fsp3) is 0. The zero-order chi connectivity index (χ0) is 14.8. The number of anilines is 2. The second-order valence-electron chi connectivity index (χ2n) is 3.62. The second kappa shape index (κ2) is 5.69. The van der Waals surface area contributed by atoms with E-state index in [1.165, 1.54) is 12.1 Å². The van der Waals surface area contributed by atoms with E-state index >= 15 is 0 Å². The van der Waals surface area contributed by atoms with E-state index in [0.29, 0.717) is 4.47 Å². The SMILES string of the molecule is NNc1ncc(S(=O)(=O)Nc2cc(F)ccc2Br)cn1. The minimum absolute atomic E-state index is 0.0750. The summed E-state index contributed by atoms with van der Waals surface area (Å²) >= 11 is 3.13. The quantitative estimate of drug-likeness (QED) is 0.561. The molecule has 0 aliphatic rings. The van der Waals surface area contributed by atoms with E-state index in [0.717, 1.165) is 18.5 Å². The number of aromatic nitrogens is 2. The number of nitrogens with two attached hydrogens (primary N) is 1. The molecule has 0 aliphatic carbocycles. The van der Waals surface area contributed by atoms with Gasteiger partial charge in [0.1, 0.15) is 10.7 Å². The van der Waals surface area contributed by atoms with Gasteiger partial charge in [-0.25, -0.2) is 28.6 Å². The van der Waals surface area contributed by atoms with E-state index in [9.17, 15) is 12.8 Å². The zero-order valence-corrected chi connectivity index (χ0v) is 12.2. The lowest BCUT2D eigenvalue weighted by atomic mass is 10.3. The molecule has 0 radical (unpaired) electrons. The van der Waals surface area contributed by atoms with Gasteiger partial charge in [-0.15, -0.1) is 0 Å². The zero-order valence-electron chi connectivity index (χ0n) is 9.84. The molecule has 0 spiro atoms. The maximum Gasteiger partial charge on any atom is 0.265 e. The van der Waals surface area contributed by atoms with E-state index < -0.39 is 15.8 Å². The number of benzene rings is 1. The Balaban J connectivity index is 2.32. The van der Waals surface area contributed by atoms with Crippen LogP contribution in [0.5, 0.6) is 0 Å². The molecule has 10 heteroatoms. The van der Waals surface area contributed by atoms with Gasteiger partial charge in [-0.1, -0.05) is 0 Å².